The predicted molar refractivity (Wildman–Crippen MR) is 61.5 cm³/mol. The number of anilines is 1. The van der Waals surface area contributed by atoms with Gasteiger partial charge in [0, 0.05) is 0 Å². The zero-order valence-corrected chi connectivity index (χ0v) is 9.00. The van der Waals surface area contributed by atoms with Gasteiger partial charge in [-0.15, -0.1) is 0 Å². The number of ether oxygens (including phenoxy) is 1. The molecule has 6 heteroatoms. The molecule has 0 spiro atoms. The van der Waals surface area contributed by atoms with Crippen LogP contribution in [0, 0.1) is 6.92 Å². The van der Waals surface area contributed by atoms with Gasteiger partial charge in [-0.05, 0) is 18.6 Å². The van der Waals surface area contributed by atoms with Crippen molar-refractivity contribution >= 4 is 16.9 Å². The van der Waals surface area contributed by atoms with Crippen molar-refractivity contribution < 1.29 is 4.74 Å². The van der Waals surface area contributed by atoms with Crippen LogP contribution >= 0.6 is 0 Å². The molecule has 0 radical (unpaired) electrons. The van der Waals surface area contributed by atoms with Gasteiger partial charge in [-0.2, -0.15) is 0 Å². The van der Waals surface area contributed by atoms with Crippen molar-refractivity contribution in [2.24, 2.45) is 5.84 Å². The summed E-state index contributed by atoms with van der Waals surface area (Å²) in [6.07, 6.45) is 0. The quantitative estimate of drug-likeness (QED) is 0.507. The Kier molecular flexibility index (Phi) is 2.49. The minimum absolute atomic E-state index is 0.0819. The number of nitrogens with zero attached hydrogens (tertiary/aromatic N) is 1. The molecule has 1 aromatic carbocycles. The van der Waals surface area contributed by atoms with Crippen LogP contribution in [0.1, 0.15) is 5.56 Å². The molecule has 4 N–H and O–H groups in total. The van der Waals surface area contributed by atoms with Crippen molar-refractivity contribution in [1.29, 1.82) is 0 Å². The summed E-state index contributed by atoms with van der Waals surface area (Å²) >= 11 is 0. The Balaban J connectivity index is 2.85. The van der Waals surface area contributed by atoms with Crippen LogP contribution in [0.4, 0.5) is 5.82 Å². The van der Waals surface area contributed by atoms with Gasteiger partial charge in [0.25, 0.3) is 5.56 Å². The fourth-order valence-electron chi connectivity index (χ4n) is 1.60. The number of nitrogen functional groups attached to an aromatic ring is 1. The molecular formula is C10H12N4O2. The standard InChI is InChI=1S/C10H12N4O2/c1-5-3-4-6-7(8(5)16-2)13-10(15)9(12-6)14-11/h3-4H,11H2,1-2H3,(H,12,14)(H,13,15). The minimum atomic E-state index is -0.376. The lowest BCUT2D eigenvalue weighted by Crippen LogP contribution is -2.20. The number of methoxy groups -OCH3 is 1. The molecule has 1 aromatic heterocycles. The number of aromatic nitrogens is 2. The minimum Gasteiger partial charge on any atom is -0.494 e. The average molecular weight is 220 g/mol. The van der Waals surface area contributed by atoms with Gasteiger partial charge in [-0.3, -0.25) is 4.79 Å². The van der Waals surface area contributed by atoms with E-state index in [9.17, 15) is 4.79 Å². The highest BCUT2D eigenvalue weighted by molar-refractivity contribution is 5.83. The monoisotopic (exact) mass is 220 g/mol. The number of hydrogen-bond donors (Lipinski definition) is 3. The number of nitrogens with one attached hydrogen (secondary N) is 2. The number of rotatable bonds is 2. The number of aromatic amines is 1. The predicted octanol–water partition coefficient (Wildman–Crippen LogP) is 0.526. The Labute approximate surface area is 91.4 Å². The Hall–Kier alpha value is -2.08. The summed E-state index contributed by atoms with van der Waals surface area (Å²) in [6.45, 7) is 1.89. The van der Waals surface area contributed by atoms with Crippen molar-refractivity contribution in [1.82, 2.24) is 9.97 Å². The first-order chi connectivity index (χ1) is 7.67. The molecule has 2 aromatic rings. The van der Waals surface area contributed by atoms with Crippen LogP contribution in [0.3, 0.4) is 0 Å². The molecule has 0 aliphatic rings. The van der Waals surface area contributed by atoms with E-state index in [1.807, 2.05) is 13.0 Å². The van der Waals surface area contributed by atoms with E-state index in [1.54, 1.807) is 13.2 Å². The zero-order valence-electron chi connectivity index (χ0n) is 9.00. The van der Waals surface area contributed by atoms with E-state index in [0.29, 0.717) is 16.8 Å². The van der Waals surface area contributed by atoms with E-state index in [-0.39, 0.29) is 11.4 Å². The van der Waals surface area contributed by atoms with E-state index >= 15 is 0 Å². The number of hydrazine groups is 1. The normalized spacial score (nSPS) is 10.4. The Morgan fingerprint density at radius 3 is 2.88 bits per heavy atom. The molecule has 1 heterocycles. The molecule has 0 aliphatic heterocycles. The molecule has 0 unspecified atom stereocenters. The molecular weight excluding hydrogens is 208 g/mol. The summed E-state index contributed by atoms with van der Waals surface area (Å²) < 4.78 is 5.22. The molecule has 0 saturated carbocycles. The first-order valence-corrected chi connectivity index (χ1v) is 4.71. The van der Waals surface area contributed by atoms with E-state index in [4.69, 9.17) is 10.6 Å². The maximum absolute atomic E-state index is 11.5. The third-order valence-corrected chi connectivity index (χ3v) is 2.36. The van der Waals surface area contributed by atoms with Crippen LogP contribution in [0.5, 0.6) is 5.75 Å². The Morgan fingerprint density at radius 1 is 1.50 bits per heavy atom. The number of benzene rings is 1. The van der Waals surface area contributed by atoms with Crippen molar-refractivity contribution in [3.63, 3.8) is 0 Å². The largest absolute Gasteiger partial charge is 0.494 e. The van der Waals surface area contributed by atoms with Gasteiger partial charge < -0.3 is 15.1 Å². The Bertz CT molecular complexity index is 591. The van der Waals surface area contributed by atoms with Crippen LogP contribution in [-0.4, -0.2) is 17.1 Å². The highest BCUT2D eigenvalue weighted by Crippen LogP contribution is 2.25. The van der Waals surface area contributed by atoms with Crippen LogP contribution in [0.2, 0.25) is 0 Å². The van der Waals surface area contributed by atoms with Crippen molar-refractivity contribution in [2.75, 3.05) is 12.5 Å². The lowest BCUT2D eigenvalue weighted by Gasteiger charge is -2.08. The molecule has 0 amide bonds. The van der Waals surface area contributed by atoms with Crippen LogP contribution in [-0.2, 0) is 0 Å². The second-order valence-corrected chi connectivity index (χ2v) is 3.37. The fraction of sp³-hybridized carbons (Fsp3) is 0.200. The zero-order chi connectivity index (χ0) is 11.7. The van der Waals surface area contributed by atoms with Gasteiger partial charge in [0.15, 0.2) is 0 Å². The van der Waals surface area contributed by atoms with Crippen molar-refractivity contribution in [3.8, 4) is 5.75 Å². The maximum Gasteiger partial charge on any atom is 0.292 e. The third kappa shape index (κ3) is 1.49. The summed E-state index contributed by atoms with van der Waals surface area (Å²) in [5.74, 6) is 5.88. The van der Waals surface area contributed by atoms with Gasteiger partial charge in [0.1, 0.15) is 11.3 Å². The fourth-order valence-corrected chi connectivity index (χ4v) is 1.60. The van der Waals surface area contributed by atoms with Crippen LogP contribution < -0.4 is 21.6 Å². The van der Waals surface area contributed by atoms with Crippen LogP contribution in [0.15, 0.2) is 16.9 Å². The second-order valence-electron chi connectivity index (χ2n) is 3.37. The molecule has 0 bridgehead atoms. The summed E-state index contributed by atoms with van der Waals surface area (Å²) in [6, 6.07) is 3.66. The number of fused-ring (bicyclic) bond motifs is 1. The van der Waals surface area contributed by atoms with Crippen molar-refractivity contribution in [3.05, 3.63) is 28.0 Å². The summed E-state index contributed by atoms with van der Waals surface area (Å²) in [7, 11) is 1.55. The van der Waals surface area contributed by atoms with Gasteiger partial charge >= 0.3 is 0 Å². The number of H-pyrrole nitrogens is 1. The SMILES string of the molecule is COc1c(C)ccc2nc(NN)c(=O)[nH]c12. The first-order valence-electron chi connectivity index (χ1n) is 4.71. The van der Waals surface area contributed by atoms with E-state index in [2.05, 4.69) is 15.4 Å². The second kappa shape index (κ2) is 3.82. The lowest BCUT2D eigenvalue weighted by molar-refractivity contribution is 0.415. The maximum atomic E-state index is 11.5. The van der Waals surface area contributed by atoms with E-state index < -0.39 is 0 Å². The summed E-state index contributed by atoms with van der Waals surface area (Å²) in [5.41, 5.74) is 4.00. The molecule has 6 nitrogen and oxygen atoms in total. The topological polar surface area (TPSA) is 93.0 Å². The molecule has 16 heavy (non-hydrogen) atoms. The Morgan fingerprint density at radius 2 is 2.25 bits per heavy atom. The van der Waals surface area contributed by atoms with Crippen molar-refractivity contribution in [2.45, 2.75) is 6.92 Å². The van der Waals surface area contributed by atoms with Crippen LogP contribution in [0.25, 0.3) is 11.0 Å². The van der Waals surface area contributed by atoms with E-state index in [1.165, 1.54) is 0 Å². The van der Waals surface area contributed by atoms with E-state index in [0.717, 1.165) is 5.56 Å². The van der Waals surface area contributed by atoms with Gasteiger partial charge in [0.05, 0.1) is 12.6 Å². The smallest absolute Gasteiger partial charge is 0.292 e. The molecule has 0 fully saturated rings. The van der Waals surface area contributed by atoms with Gasteiger partial charge in [0.2, 0.25) is 5.82 Å². The molecule has 84 valence electrons. The third-order valence-electron chi connectivity index (χ3n) is 2.36. The lowest BCUT2D eigenvalue weighted by atomic mass is 10.2. The van der Waals surface area contributed by atoms with Gasteiger partial charge in [-0.1, -0.05) is 6.07 Å². The number of nitrogens with two attached hydrogens (primary N) is 1. The average Bonchev–Trinajstić information content (AvgIpc) is 2.28. The summed E-state index contributed by atoms with van der Waals surface area (Å²) in [5, 5.41) is 0. The number of hydrogen-bond acceptors (Lipinski definition) is 5. The molecule has 0 saturated heterocycles. The van der Waals surface area contributed by atoms with Gasteiger partial charge in [-0.25, -0.2) is 10.8 Å². The molecule has 2 rings (SSSR count). The molecule has 0 atom stereocenters. The number of aryl methyl sites for hydroxylation is 1. The summed E-state index contributed by atoms with van der Waals surface area (Å²) in [4.78, 5) is 18.3. The highest BCUT2D eigenvalue weighted by atomic mass is 16.5. The molecule has 0 aliphatic carbocycles. The first kappa shape index (κ1) is 10.4. The highest BCUT2D eigenvalue weighted by Gasteiger charge is 2.09.